The van der Waals surface area contributed by atoms with Gasteiger partial charge in [-0.3, -0.25) is 0 Å². The average molecular weight is 318 g/mol. The molecule has 0 aliphatic rings. The van der Waals surface area contributed by atoms with Gasteiger partial charge in [-0.2, -0.15) is 0 Å². The molecule has 0 spiro atoms. The maximum Gasteiger partial charge on any atom is 0.336 e. The molecule has 7 heteroatoms. The number of nitrogens with one attached hydrogen (secondary N) is 1. The van der Waals surface area contributed by atoms with Gasteiger partial charge < -0.3 is 15.5 Å². The highest BCUT2D eigenvalue weighted by Gasteiger charge is 2.13. The first-order valence-corrected chi connectivity index (χ1v) is 6.18. The van der Waals surface area contributed by atoms with E-state index in [4.69, 9.17) is 0 Å². The minimum atomic E-state index is -1.04. The van der Waals surface area contributed by atoms with E-state index in [1.807, 2.05) is 0 Å². The summed E-state index contributed by atoms with van der Waals surface area (Å²) in [7, 11) is 0. The SMILES string of the molecule is Cl.O=C(O)c1cccc2ncnc(Nc3ccc(O)cc3)c12. The Morgan fingerprint density at radius 2 is 1.77 bits per heavy atom. The third kappa shape index (κ3) is 2.91. The molecule has 112 valence electrons. The zero-order valence-corrected chi connectivity index (χ0v) is 12.0. The summed E-state index contributed by atoms with van der Waals surface area (Å²) in [5, 5.41) is 22.1. The molecule has 0 aliphatic carbocycles. The van der Waals surface area contributed by atoms with Gasteiger partial charge in [0.15, 0.2) is 0 Å². The van der Waals surface area contributed by atoms with E-state index in [0.717, 1.165) is 0 Å². The molecule has 0 fully saturated rings. The maximum absolute atomic E-state index is 11.3. The van der Waals surface area contributed by atoms with Crippen molar-refractivity contribution < 1.29 is 15.0 Å². The number of halogens is 1. The Morgan fingerprint density at radius 1 is 1.05 bits per heavy atom. The van der Waals surface area contributed by atoms with Crippen molar-refractivity contribution in [3.63, 3.8) is 0 Å². The normalized spacial score (nSPS) is 10.0. The van der Waals surface area contributed by atoms with E-state index in [1.54, 1.807) is 24.3 Å². The number of benzene rings is 2. The maximum atomic E-state index is 11.3. The van der Waals surface area contributed by atoms with Crippen LogP contribution in [-0.2, 0) is 0 Å². The summed E-state index contributed by atoms with van der Waals surface area (Å²) in [6.45, 7) is 0. The number of phenolic OH excluding ortho intramolecular Hbond substituents is 1. The summed E-state index contributed by atoms with van der Waals surface area (Å²) in [6, 6.07) is 11.3. The lowest BCUT2D eigenvalue weighted by atomic mass is 10.1. The molecular weight excluding hydrogens is 306 g/mol. The van der Waals surface area contributed by atoms with Gasteiger partial charge in [-0.05, 0) is 36.4 Å². The molecule has 0 unspecified atom stereocenters. The molecule has 2 aromatic carbocycles. The van der Waals surface area contributed by atoms with E-state index in [2.05, 4.69) is 15.3 Å². The monoisotopic (exact) mass is 317 g/mol. The standard InChI is InChI=1S/C15H11N3O3.ClH/c19-10-6-4-9(5-7-10)18-14-13-11(15(20)21)2-1-3-12(13)16-8-17-14;/h1-8,19H,(H,20,21)(H,16,17,18);1H. The van der Waals surface area contributed by atoms with Crippen LogP contribution in [-0.4, -0.2) is 26.2 Å². The van der Waals surface area contributed by atoms with Gasteiger partial charge in [0, 0.05) is 5.69 Å². The fourth-order valence-electron chi connectivity index (χ4n) is 2.06. The second-order valence-corrected chi connectivity index (χ2v) is 4.40. The third-order valence-corrected chi connectivity index (χ3v) is 3.02. The molecule has 22 heavy (non-hydrogen) atoms. The van der Waals surface area contributed by atoms with Crippen LogP contribution in [0.3, 0.4) is 0 Å². The van der Waals surface area contributed by atoms with Crippen LogP contribution in [0.4, 0.5) is 11.5 Å². The first kappa shape index (κ1) is 15.5. The number of nitrogens with zero attached hydrogens (tertiary/aromatic N) is 2. The summed E-state index contributed by atoms with van der Waals surface area (Å²) < 4.78 is 0. The number of fused-ring (bicyclic) bond motifs is 1. The van der Waals surface area contributed by atoms with E-state index in [0.29, 0.717) is 22.4 Å². The number of aromatic carboxylic acids is 1. The van der Waals surface area contributed by atoms with E-state index in [-0.39, 0.29) is 23.7 Å². The highest BCUT2D eigenvalue weighted by atomic mass is 35.5. The molecule has 3 aromatic rings. The van der Waals surface area contributed by atoms with Gasteiger partial charge in [-0.15, -0.1) is 12.4 Å². The van der Waals surface area contributed by atoms with Crippen molar-refractivity contribution in [3.05, 3.63) is 54.4 Å². The number of anilines is 2. The van der Waals surface area contributed by atoms with E-state index < -0.39 is 5.97 Å². The number of hydrogen-bond acceptors (Lipinski definition) is 5. The molecule has 0 amide bonds. The quantitative estimate of drug-likeness (QED) is 0.642. The minimum Gasteiger partial charge on any atom is -0.508 e. The van der Waals surface area contributed by atoms with Gasteiger partial charge >= 0.3 is 5.97 Å². The van der Waals surface area contributed by atoms with Crippen LogP contribution in [0.1, 0.15) is 10.4 Å². The number of carbonyl (C=O) groups is 1. The van der Waals surface area contributed by atoms with Gasteiger partial charge in [0.05, 0.1) is 16.5 Å². The second kappa shape index (κ2) is 6.28. The Kier molecular flexibility index (Phi) is 4.43. The zero-order valence-electron chi connectivity index (χ0n) is 11.2. The smallest absolute Gasteiger partial charge is 0.336 e. The minimum absolute atomic E-state index is 0. The Bertz CT molecular complexity index is 817. The number of carboxylic acid groups (broad SMARTS) is 1. The van der Waals surface area contributed by atoms with Gasteiger partial charge in [-0.1, -0.05) is 6.07 Å². The summed E-state index contributed by atoms with van der Waals surface area (Å²) in [6.07, 6.45) is 1.37. The van der Waals surface area contributed by atoms with E-state index in [1.165, 1.54) is 24.5 Å². The lowest BCUT2D eigenvalue weighted by molar-refractivity contribution is 0.0699. The fourth-order valence-corrected chi connectivity index (χ4v) is 2.06. The van der Waals surface area contributed by atoms with Gasteiger partial charge in [0.2, 0.25) is 0 Å². The molecule has 0 radical (unpaired) electrons. The number of aromatic nitrogens is 2. The van der Waals surface area contributed by atoms with E-state index in [9.17, 15) is 15.0 Å². The first-order valence-electron chi connectivity index (χ1n) is 6.18. The summed E-state index contributed by atoms with van der Waals surface area (Å²) in [5.74, 6) is -0.479. The van der Waals surface area contributed by atoms with Gasteiger partial charge in [0.25, 0.3) is 0 Å². The molecule has 0 bridgehead atoms. The molecule has 3 N–H and O–H groups in total. The fraction of sp³-hybridized carbons (Fsp3) is 0. The van der Waals surface area contributed by atoms with Crippen LogP contribution in [0.5, 0.6) is 5.75 Å². The number of aromatic hydroxyl groups is 1. The van der Waals surface area contributed by atoms with Crippen molar-refractivity contribution in [1.82, 2.24) is 9.97 Å². The Hall–Kier alpha value is -2.86. The molecule has 6 nitrogen and oxygen atoms in total. The Morgan fingerprint density at radius 3 is 2.45 bits per heavy atom. The van der Waals surface area contributed by atoms with Crippen molar-refractivity contribution in [2.75, 3.05) is 5.32 Å². The molecule has 0 saturated heterocycles. The van der Waals surface area contributed by atoms with Crippen molar-refractivity contribution in [1.29, 1.82) is 0 Å². The average Bonchev–Trinajstić information content (AvgIpc) is 2.49. The van der Waals surface area contributed by atoms with Crippen molar-refractivity contribution >= 4 is 40.8 Å². The summed E-state index contributed by atoms with van der Waals surface area (Å²) in [5.41, 5.74) is 1.37. The number of rotatable bonds is 3. The molecular formula is C15H12ClN3O3. The van der Waals surface area contributed by atoms with E-state index >= 15 is 0 Å². The summed E-state index contributed by atoms with van der Waals surface area (Å²) in [4.78, 5) is 19.6. The summed E-state index contributed by atoms with van der Waals surface area (Å²) >= 11 is 0. The second-order valence-electron chi connectivity index (χ2n) is 4.40. The Balaban J connectivity index is 0.00000176. The van der Waals surface area contributed by atoms with Crippen LogP contribution in [0, 0.1) is 0 Å². The van der Waals surface area contributed by atoms with Crippen LogP contribution in [0.2, 0.25) is 0 Å². The van der Waals surface area contributed by atoms with Crippen LogP contribution in [0.25, 0.3) is 10.9 Å². The highest BCUT2D eigenvalue weighted by molar-refractivity contribution is 6.07. The lowest BCUT2D eigenvalue weighted by Crippen LogP contribution is -2.02. The molecule has 1 aromatic heterocycles. The first-order chi connectivity index (χ1) is 10.1. The zero-order chi connectivity index (χ0) is 14.8. The predicted octanol–water partition coefficient (Wildman–Crippen LogP) is 3.20. The molecule has 0 aliphatic heterocycles. The van der Waals surface area contributed by atoms with Gasteiger partial charge in [-0.25, -0.2) is 14.8 Å². The van der Waals surface area contributed by atoms with Gasteiger partial charge in [0.1, 0.15) is 17.9 Å². The Labute approximate surface area is 131 Å². The number of carboxylic acids is 1. The number of phenols is 1. The molecule has 3 rings (SSSR count). The van der Waals surface area contributed by atoms with Crippen molar-refractivity contribution in [2.45, 2.75) is 0 Å². The van der Waals surface area contributed by atoms with Crippen LogP contribution >= 0.6 is 12.4 Å². The topological polar surface area (TPSA) is 95.3 Å². The van der Waals surface area contributed by atoms with Crippen LogP contribution < -0.4 is 5.32 Å². The lowest BCUT2D eigenvalue weighted by Gasteiger charge is -2.10. The number of hydrogen-bond donors (Lipinski definition) is 3. The molecule has 0 saturated carbocycles. The molecule has 0 atom stereocenters. The highest BCUT2D eigenvalue weighted by Crippen LogP contribution is 2.27. The largest absolute Gasteiger partial charge is 0.508 e. The third-order valence-electron chi connectivity index (χ3n) is 3.02. The predicted molar refractivity (Wildman–Crippen MR) is 85.1 cm³/mol. The molecule has 1 heterocycles. The van der Waals surface area contributed by atoms with Crippen molar-refractivity contribution in [2.24, 2.45) is 0 Å². The van der Waals surface area contributed by atoms with Crippen molar-refractivity contribution in [3.8, 4) is 5.75 Å². The van der Waals surface area contributed by atoms with Crippen LogP contribution in [0.15, 0.2) is 48.8 Å².